The van der Waals surface area contributed by atoms with Crippen molar-refractivity contribution in [2.45, 2.75) is 45.3 Å². The van der Waals surface area contributed by atoms with Crippen LogP contribution < -0.4 is 0 Å². The third-order valence-corrected chi connectivity index (χ3v) is 3.79. The predicted molar refractivity (Wildman–Crippen MR) is 77.1 cm³/mol. The molecule has 0 bridgehead atoms. The molecule has 1 heterocycles. The van der Waals surface area contributed by atoms with E-state index in [0.717, 1.165) is 17.7 Å². The van der Waals surface area contributed by atoms with Crippen LogP contribution in [0.3, 0.4) is 0 Å². The van der Waals surface area contributed by atoms with Gasteiger partial charge in [0.1, 0.15) is 0 Å². The van der Waals surface area contributed by atoms with Crippen LogP contribution in [0.4, 0.5) is 0 Å². The summed E-state index contributed by atoms with van der Waals surface area (Å²) in [6.07, 6.45) is 4.05. The Morgan fingerprint density at radius 3 is 2.53 bits per heavy atom. The van der Waals surface area contributed by atoms with Crippen molar-refractivity contribution in [2.24, 2.45) is 0 Å². The van der Waals surface area contributed by atoms with Gasteiger partial charge in [0, 0.05) is 24.6 Å². The molecular formula is C16H22N2O. The third-order valence-electron chi connectivity index (χ3n) is 3.79. The quantitative estimate of drug-likeness (QED) is 0.895. The summed E-state index contributed by atoms with van der Waals surface area (Å²) in [5.74, 6) is 0. The van der Waals surface area contributed by atoms with Gasteiger partial charge in [-0.2, -0.15) is 5.10 Å². The molecule has 1 N–H and O–H groups in total. The fourth-order valence-electron chi connectivity index (χ4n) is 2.22. The Bertz CT molecular complexity index is 517. The maximum atomic E-state index is 10.5. The molecule has 1 aromatic carbocycles. The van der Waals surface area contributed by atoms with E-state index in [1.165, 1.54) is 0 Å². The lowest BCUT2D eigenvalue weighted by atomic mass is 9.77. The molecule has 1 unspecified atom stereocenters. The number of aliphatic hydroxyl groups excluding tert-OH is 1. The van der Waals surface area contributed by atoms with E-state index in [9.17, 15) is 5.11 Å². The fraction of sp³-hybridized carbons (Fsp3) is 0.438. The highest BCUT2D eigenvalue weighted by Gasteiger charge is 2.29. The highest BCUT2D eigenvalue weighted by atomic mass is 16.3. The van der Waals surface area contributed by atoms with Crippen LogP contribution >= 0.6 is 0 Å². The molecule has 19 heavy (non-hydrogen) atoms. The second kappa shape index (κ2) is 5.57. The second-order valence-electron chi connectivity index (χ2n) is 5.51. The first-order valence-electron chi connectivity index (χ1n) is 6.79. The average Bonchev–Trinajstić information content (AvgIpc) is 2.87. The van der Waals surface area contributed by atoms with E-state index < -0.39 is 6.10 Å². The largest absolute Gasteiger partial charge is 0.392 e. The van der Waals surface area contributed by atoms with Crippen molar-refractivity contribution in [1.29, 1.82) is 0 Å². The molecule has 0 saturated carbocycles. The van der Waals surface area contributed by atoms with Gasteiger partial charge in [0.25, 0.3) is 0 Å². The van der Waals surface area contributed by atoms with Crippen LogP contribution in [0.2, 0.25) is 0 Å². The Morgan fingerprint density at radius 1 is 1.26 bits per heavy atom. The fourth-order valence-corrected chi connectivity index (χ4v) is 2.22. The SMILES string of the molecule is CCn1cc(CC(O)C(C)(C)c2ccccc2)cn1. The summed E-state index contributed by atoms with van der Waals surface area (Å²) in [7, 11) is 0. The number of rotatable bonds is 5. The van der Waals surface area contributed by atoms with E-state index in [1.54, 1.807) is 0 Å². The molecule has 0 spiro atoms. The molecular weight excluding hydrogens is 236 g/mol. The van der Waals surface area contributed by atoms with E-state index in [-0.39, 0.29) is 5.41 Å². The molecule has 3 nitrogen and oxygen atoms in total. The normalized spacial score (nSPS) is 13.5. The molecule has 0 radical (unpaired) electrons. The minimum Gasteiger partial charge on any atom is -0.392 e. The Morgan fingerprint density at radius 2 is 1.95 bits per heavy atom. The van der Waals surface area contributed by atoms with Crippen molar-refractivity contribution in [1.82, 2.24) is 9.78 Å². The van der Waals surface area contributed by atoms with E-state index in [4.69, 9.17) is 0 Å². The number of aryl methyl sites for hydroxylation is 1. The zero-order valence-corrected chi connectivity index (χ0v) is 11.9. The Labute approximate surface area is 114 Å². The Balaban J connectivity index is 2.12. The highest BCUT2D eigenvalue weighted by molar-refractivity contribution is 5.26. The van der Waals surface area contributed by atoms with Gasteiger partial charge in [-0.25, -0.2) is 0 Å². The first-order valence-corrected chi connectivity index (χ1v) is 6.79. The molecule has 3 heteroatoms. The maximum Gasteiger partial charge on any atom is 0.0672 e. The highest BCUT2D eigenvalue weighted by Crippen LogP contribution is 2.28. The lowest BCUT2D eigenvalue weighted by Crippen LogP contribution is -2.35. The number of aromatic nitrogens is 2. The number of hydrogen-bond acceptors (Lipinski definition) is 2. The van der Waals surface area contributed by atoms with Crippen molar-refractivity contribution in [3.05, 3.63) is 53.9 Å². The summed E-state index contributed by atoms with van der Waals surface area (Å²) in [6, 6.07) is 10.2. The molecule has 1 aromatic heterocycles. The van der Waals surface area contributed by atoms with Crippen LogP contribution in [-0.2, 0) is 18.4 Å². The van der Waals surface area contributed by atoms with Crippen LogP contribution in [0.15, 0.2) is 42.7 Å². The van der Waals surface area contributed by atoms with Crippen LogP contribution in [0.25, 0.3) is 0 Å². The Kier molecular flexibility index (Phi) is 4.05. The zero-order chi connectivity index (χ0) is 13.9. The molecule has 0 amide bonds. The molecule has 0 aliphatic carbocycles. The molecule has 0 aliphatic rings. The van der Waals surface area contributed by atoms with Crippen molar-refractivity contribution < 1.29 is 5.11 Å². The first-order chi connectivity index (χ1) is 9.04. The predicted octanol–water partition coefficient (Wildman–Crippen LogP) is 2.78. The summed E-state index contributed by atoms with van der Waals surface area (Å²) >= 11 is 0. The summed E-state index contributed by atoms with van der Waals surface area (Å²) in [6.45, 7) is 7.08. The molecule has 0 saturated heterocycles. The number of nitrogens with zero attached hydrogens (tertiary/aromatic N) is 2. The van der Waals surface area contributed by atoms with Crippen molar-refractivity contribution >= 4 is 0 Å². The third kappa shape index (κ3) is 3.04. The van der Waals surface area contributed by atoms with E-state index in [0.29, 0.717) is 6.42 Å². The van der Waals surface area contributed by atoms with Crippen LogP contribution in [0, 0.1) is 0 Å². The van der Waals surface area contributed by atoms with Crippen molar-refractivity contribution in [2.75, 3.05) is 0 Å². The summed E-state index contributed by atoms with van der Waals surface area (Å²) in [5, 5.41) is 14.8. The van der Waals surface area contributed by atoms with Gasteiger partial charge < -0.3 is 5.11 Å². The van der Waals surface area contributed by atoms with Gasteiger partial charge in [-0.3, -0.25) is 4.68 Å². The van der Waals surface area contributed by atoms with Crippen molar-refractivity contribution in [3.63, 3.8) is 0 Å². The van der Waals surface area contributed by atoms with Gasteiger partial charge in [-0.05, 0) is 18.1 Å². The summed E-state index contributed by atoms with van der Waals surface area (Å²) in [4.78, 5) is 0. The van der Waals surface area contributed by atoms with Gasteiger partial charge in [-0.1, -0.05) is 44.2 Å². The molecule has 1 atom stereocenters. The van der Waals surface area contributed by atoms with Gasteiger partial charge in [0.2, 0.25) is 0 Å². The van der Waals surface area contributed by atoms with Gasteiger partial charge >= 0.3 is 0 Å². The maximum absolute atomic E-state index is 10.5. The van der Waals surface area contributed by atoms with Crippen LogP contribution in [0.5, 0.6) is 0 Å². The number of hydrogen-bond donors (Lipinski definition) is 1. The van der Waals surface area contributed by atoms with E-state index in [2.05, 4.69) is 38.0 Å². The molecule has 0 fully saturated rings. The van der Waals surface area contributed by atoms with Gasteiger partial charge in [0.05, 0.1) is 12.3 Å². The van der Waals surface area contributed by atoms with Gasteiger partial charge in [-0.15, -0.1) is 0 Å². The standard InChI is InChI=1S/C16H22N2O/c1-4-18-12-13(11-17-18)10-15(19)16(2,3)14-8-6-5-7-9-14/h5-9,11-12,15,19H,4,10H2,1-3H3. The van der Waals surface area contributed by atoms with Crippen molar-refractivity contribution in [3.8, 4) is 0 Å². The number of benzene rings is 1. The average molecular weight is 258 g/mol. The van der Waals surface area contributed by atoms with E-state index in [1.807, 2.05) is 35.3 Å². The summed E-state index contributed by atoms with van der Waals surface area (Å²) < 4.78 is 1.89. The lowest BCUT2D eigenvalue weighted by Gasteiger charge is -2.31. The van der Waals surface area contributed by atoms with Crippen LogP contribution in [-0.4, -0.2) is 21.0 Å². The number of aliphatic hydroxyl groups is 1. The zero-order valence-electron chi connectivity index (χ0n) is 11.9. The minimum absolute atomic E-state index is 0.268. The Hall–Kier alpha value is -1.61. The smallest absolute Gasteiger partial charge is 0.0672 e. The minimum atomic E-state index is -0.426. The summed E-state index contributed by atoms with van der Waals surface area (Å²) in [5.41, 5.74) is 1.97. The first kappa shape index (κ1) is 13.8. The van der Waals surface area contributed by atoms with E-state index >= 15 is 0 Å². The molecule has 2 rings (SSSR count). The van der Waals surface area contributed by atoms with Crippen LogP contribution in [0.1, 0.15) is 31.9 Å². The monoisotopic (exact) mass is 258 g/mol. The molecule has 0 aliphatic heterocycles. The molecule has 102 valence electrons. The molecule has 2 aromatic rings. The lowest BCUT2D eigenvalue weighted by molar-refractivity contribution is 0.1000. The van der Waals surface area contributed by atoms with Gasteiger partial charge in [0.15, 0.2) is 0 Å². The topological polar surface area (TPSA) is 38.0 Å². The second-order valence-corrected chi connectivity index (χ2v) is 5.51.